The van der Waals surface area contributed by atoms with E-state index in [-0.39, 0.29) is 17.3 Å². The standard InChI is InChI=1S/C20H22ClN3O4/c1-2-28-19-7-6-16(13-18(19)24(26)27)20(25)23-10-8-22(9-11-23)14-15-4-3-5-17(21)12-15/h3-7,12-13H,2,8-11,14H2,1H3/p+1. The summed E-state index contributed by atoms with van der Waals surface area (Å²) in [5.41, 5.74) is 1.30. The van der Waals surface area contributed by atoms with Crippen LogP contribution in [0, 0.1) is 10.1 Å². The first-order valence-electron chi connectivity index (χ1n) is 9.26. The van der Waals surface area contributed by atoms with Crippen LogP contribution < -0.4 is 9.64 Å². The number of nitrogens with zero attached hydrogens (tertiary/aromatic N) is 2. The van der Waals surface area contributed by atoms with Gasteiger partial charge in [0.05, 0.1) is 37.7 Å². The first-order chi connectivity index (χ1) is 13.5. The quantitative estimate of drug-likeness (QED) is 0.591. The van der Waals surface area contributed by atoms with Crippen molar-refractivity contribution < 1.29 is 19.4 Å². The minimum atomic E-state index is -0.519. The van der Waals surface area contributed by atoms with E-state index in [0.29, 0.717) is 25.3 Å². The predicted molar refractivity (Wildman–Crippen MR) is 106 cm³/mol. The summed E-state index contributed by atoms with van der Waals surface area (Å²) >= 11 is 6.04. The number of quaternary nitrogens is 1. The smallest absolute Gasteiger partial charge is 0.311 e. The molecule has 0 bridgehead atoms. The van der Waals surface area contributed by atoms with Crippen LogP contribution in [0.25, 0.3) is 0 Å². The lowest BCUT2D eigenvalue weighted by Crippen LogP contribution is -3.13. The maximum Gasteiger partial charge on any atom is 0.311 e. The van der Waals surface area contributed by atoms with E-state index >= 15 is 0 Å². The van der Waals surface area contributed by atoms with E-state index in [0.717, 1.165) is 24.7 Å². The Hall–Kier alpha value is -2.64. The molecular weight excluding hydrogens is 382 g/mol. The highest BCUT2D eigenvalue weighted by Gasteiger charge is 2.26. The van der Waals surface area contributed by atoms with Gasteiger partial charge in [-0.1, -0.05) is 23.7 Å². The maximum absolute atomic E-state index is 12.8. The third kappa shape index (κ3) is 4.79. The molecule has 0 radical (unpaired) electrons. The van der Waals surface area contributed by atoms with Crippen molar-refractivity contribution in [3.63, 3.8) is 0 Å². The number of carbonyl (C=O) groups excluding carboxylic acids is 1. The van der Waals surface area contributed by atoms with Gasteiger partial charge in [-0.15, -0.1) is 0 Å². The Bertz CT molecular complexity index is 866. The number of nitrogens with one attached hydrogen (secondary N) is 1. The molecule has 1 aliphatic rings. The topological polar surface area (TPSA) is 77.1 Å². The van der Waals surface area contributed by atoms with Gasteiger partial charge in [-0.3, -0.25) is 14.9 Å². The Morgan fingerprint density at radius 1 is 1.25 bits per heavy atom. The minimum absolute atomic E-state index is 0.180. The van der Waals surface area contributed by atoms with Crippen LogP contribution in [0.4, 0.5) is 5.69 Å². The van der Waals surface area contributed by atoms with Crippen molar-refractivity contribution in [3.8, 4) is 5.75 Å². The van der Waals surface area contributed by atoms with Crippen LogP contribution in [0.5, 0.6) is 5.75 Å². The second kappa shape index (κ2) is 9.03. The third-order valence-electron chi connectivity index (χ3n) is 4.80. The van der Waals surface area contributed by atoms with Gasteiger partial charge in [-0.25, -0.2) is 0 Å². The van der Waals surface area contributed by atoms with Crippen LogP contribution in [0.15, 0.2) is 42.5 Å². The van der Waals surface area contributed by atoms with Crippen molar-refractivity contribution in [3.05, 3.63) is 68.7 Å². The second-order valence-corrected chi connectivity index (χ2v) is 7.16. The van der Waals surface area contributed by atoms with Crippen molar-refractivity contribution in [1.82, 2.24) is 4.90 Å². The summed E-state index contributed by atoms with van der Waals surface area (Å²) in [6.45, 7) is 5.79. The molecule has 0 spiro atoms. The van der Waals surface area contributed by atoms with E-state index in [1.807, 2.05) is 18.2 Å². The van der Waals surface area contributed by atoms with Crippen molar-refractivity contribution >= 4 is 23.2 Å². The Morgan fingerprint density at radius 2 is 2.00 bits per heavy atom. The van der Waals surface area contributed by atoms with Gasteiger partial charge in [0.1, 0.15) is 6.54 Å². The van der Waals surface area contributed by atoms with Gasteiger partial charge in [0.25, 0.3) is 5.91 Å². The zero-order valence-electron chi connectivity index (χ0n) is 15.7. The summed E-state index contributed by atoms with van der Waals surface area (Å²) < 4.78 is 5.28. The number of hydrogen-bond donors (Lipinski definition) is 1. The van der Waals surface area contributed by atoms with Gasteiger partial charge >= 0.3 is 5.69 Å². The number of benzene rings is 2. The molecule has 0 aromatic heterocycles. The zero-order valence-corrected chi connectivity index (χ0v) is 16.4. The molecule has 1 heterocycles. The van der Waals surface area contributed by atoms with E-state index in [4.69, 9.17) is 16.3 Å². The molecule has 8 heteroatoms. The lowest BCUT2D eigenvalue weighted by Gasteiger charge is -2.32. The lowest BCUT2D eigenvalue weighted by molar-refractivity contribution is -0.917. The van der Waals surface area contributed by atoms with Crippen LogP contribution in [0.1, 0.15) is 22.8 Å². The summed E-state index contributed by atoms with van der Waals surface area (Å²) in [7, 11) is 0. The Kier molecular flexibility index (Phi) is 6.49. The van der Waals surface area contributed by atoms with Crippen molar-refractivity contribution in [2.45, 2.75) is 13.5 Å². The van der Waals surface area contributed by atoms with Crippen LogP contribution in [0.2, 0.25) is 5.02 Å². The molecule has 0 aliphatic carbocycles. The van der Waals surface area contributed by atoms with Gasteiger partial charge < -0.3 is 14.5 Å². The lowest BCUT2D eigenvalue weighted by atomic mass is 10.1. The van der Waals surface area contributed by atoms with E-state index in [1.165, 1.54) is 22.6 Å². The van der Waals surface area contributed by atoms with E-state index in [2.05, 4.69) is 6.07 Å². The fourth-order valence-corrected chi connectivity index (χ4v) is 3.60. The van der Waals surface area contributed by atoms with Crippen molar-refractivity contribution in [2.24, 2.45) is 0 Å². The van der Waals surface area contributed by atoms with Gasteiger partial charge in [-0.05, 0) is 31.2 Å². The van der Waals surface area contributed by atoms with Gasteiger partial charge in [0.15, 0.2) is 5.75 Å². The van der Waals surface area contributed by atoms with Crippen molar-refractivity contribution in [1.29, 1.82) is 0 Å². The molecule has 2 aromatic rings. The number of piperazine rings is 1. The molecule has 0 atom stereocenters. The molecule has 1 N–H and O–H groups in total. The number of hydrogen-bond acceptors (Lipinski definition) is 4. The molecule has 2 aromatic carbocycles. The summed E-state index contributed by atoms with van der Waals surface area (Å²) in [6.07, 6.45) is 0. The molecule has 1 saturated heterocycles. The molecule has 0 unspecified atom stereocenters. The largest absolute Gasteiger partial charge is 0.487 e. The number of ether oxygens (including phenoxy) is 1. The summed E-state index contributed by atoms with van der Waals surface area (Å²) in [6, 6.07) is 12.2. The number of rotatable bonds is 6. The Balaban J connectivity index is 1.63. The molecule has 1 fully saturated rings. The van der Waals surface area contributed by atoms with Gasteiger partial charge in [0, 0.05) is 22.2 Å². The Morgan fingerprint density at radius 3 is 2.64 bits per heavy atom. The highest BCUT2D eigenvalue weighted by molar-refractivity contribution is 6.30. The number of amides is 1. The van der Waals surface area contributed by atoms with Crippen LogP contribution in [-0.4, -0.2) is 48.5 Å². The van der Waals surface area contributed by atoms with Crippen LogP contribution >= 0.6 is 11.6 Å². The fourth-order valence-electron chi connectivity index (χ4n) is 3.39. The molecule has 1 amide bonds. The van der Waals surface area contributed by atoms with Gasteiger partial charge in [-0.2, -0.15) is 0 Å². The van der Waals surface area contributed by atoms with Crippen molar-refractivity contribution in [2.75, 3.05) is 32.8 Å². The normalized spacial score (nSPS) is 14.7. The second-order valence-electron chi connectivity index (χ2n) is 6.72. The summed E-state index contributed by atoms with van der Waals surface area (Å²) in [4.78, 5) is 26.7. The molecule has 0 saturated carbocycles. The number of halogens is 1. The molecular formula is C20H23ClN3O4+. The maximum atomic E-state index is 12.8. The number of carbonyl (C=O) groups is 1. The Labute approximate surface area is 168 Å². The fraction of sp³-hybridized carbons (Fsp3) is 0.350. The molecule has 28 heavy (non-hydrogen) atoms. The number of nitro benzene ring substituents is 1. The van der Waals surface area contributed by atoms with E-state index < -0.39 is 4.92 Å². The third-order valence-corrected chi connectivity index (χ3v) is 5.04. The van der Waals surface area contributed by atoms with E-state index in [1.54, 1.807) is 17.9 Å². The summed E-state index contributed by atoms with van der Waals surface area (Å²) in [5.74, 6) is -0.00668. The van der Waals surface area contributed by atoms with Crippen LogP contribution in [0.3, 0.4) is 0 Å². The molecule has 148 valence electrons. The minimum Gasteiger partial charge on any atom is -0.487 e. The molecule has 3 rings (SSSR count). The highest BCUT2D eigenvalue weighted by atomic mass is 35.5. The van der Waals surface area contributed by atoms with Gasteiger partial charge in [0.2, 0.25) is 0 Å². The predicted octanol–water partition coefficient (Wildman–Crippen LogP) is 2.19. The first kappa shape index (κ1) is 20.1. The van der Waals surface area contributed by atoms with Crippen LogP contribution in [-0.2, 0) is 6.54 Å². The number of nitro groups is 1. The summed E-state index contributed by atoms with van der Waals surface area (Å²) in [5, 5.41) is 12.0. The molecule has 7 nitrogen and oxygen atoms in total. The molecule has 1 aliphatic heterocycles. The van der Waals surface area contributed by atoms with E-state index in [9.17, 15) is 14.9 Å². The SMILES string of the molecule is CCOc1ccc(C(=O)N2CC[NH+](Cc3cccc(Cl)c3)CC2)cc1[N+](=O)[O-]. The zero-order chi connectivity index (χ0) is 20.1. The average Bonchev–Trinajstić information content (AvgIpc) is 2.68. The average molecular weight is 405 g/mol. The monoisotopic (exact) mass is 404 g/mol. The first-order valence-corrected chi connectivity index (χ1v) is 9.64. The highest BCUT2D eigenvalue weighted by Crippen LogP contribution is 2.28.